The lowest BCUT2D eigenvalue weighted by Gasteiger charge is -2.15. The zero-order chi connectivity index (χ0) is 10.3. The van der Waals surface area contributed by atoms with E-state index in [0.717, 1.165) is 17.6 Å². The molecule has 2 heteroatoms. The van der Waals surface area contributed by atoms with Crippen LogP contribution in [0.5, 0.6) is 0 Å². The van der Waals surface area contributed by atoms with Crippen molar-refractivity contribution in [2.24, 2.45) is 0 Å². The average Bonchev–Trinajstić information content (AvgIpc) is 2.26. The highest BCUT2D eigenvalue weighted by atomic mass is 14.7. The lowest BCUT2D eigenvalue weighted by molar-refractivity contribution is 0.671. The van der Waals surface area contributed by atoms with Gasteiger partial charge < -0.3 is 5.73 Å². The molecule has 3 rings (SSSR count). The van der Waals surface area contributed by atoms with Crippen LogP contribution in [0.3, 0.4) is 0 Å². The van der Waals surface area contributed by atoms with Gasteiger partial charge in [-0.2, -0.15) is 0 Å². The van der Waals surface area contributed by atoms with Crippen molar-refractivity contribution in [3.63, 3.8) is 0 Å². The maximum absolute atomic E-state index is 5.76. The van der Waals surface area contributed by atoms with E-state index in [9.17, 15) is 0 Å². The van der Waals surface area contributed by atoms with Crippen molar-refractivity contribution >= 4 is 16.6 Å². The van der Waals surface area contributed by atoms with Crippen molar-refractivity contribution < 1.29 is 0 Å². The topological polar surface area (TPSA) is 38.9 Å². The Bertz CT molecular complexity index is 517. The number of aromatic nitrogens is 1. The van der Waals surface area contributed by atoms with Crippen molar-refractivity contribution in [3.8, 4) is 0 Å². The van der Waals surface area contributed by atoms with Crippen LogP contribution in [0, 0.1) is 0 Å². The maximum Gasteiger partial charge on any atom is 0.0725 e. The van der Waals surface area contributed by atoms with E-state index in [1.165, 1.54) is 35.9 Å². The van der Waals surface area contributed by atoms with Crippen LogP contribution in [0.25, 0.3) is 10.9 Å². The van der Waals surface area contributed by atoms with Crippen LogP contribution in [-0.4, -0.2) is 4.98 Å². The zero-order valence-electron chi connectivity index (χ0n) is 8.66. The zero-order valence-corrected chi connectivity index (χ0v) is 8.66. The van der Waals surface area contributed by atoms with Gasteiger partial charge in [-0.05, 0) is 49.4 Å². The molecule has 0 saturated carbocycles. The first kappa shape index (κ1) is 8.72. The number of benzene rings is 1. The third kappa shape index (κ3) is 1.46. The standard InChI is InChI=1S/C13H14N2/c14-11-6-5-10-7-9-3-1-2-4-12(9)15-13(10)8-11/h5-8H,1-4,14H2. The Hall–Kier alpha value is -1.57. The molecule has 0 radical (unpaired) electrons. The highest BCUT2D eigenvalue weighted by Gasteiger charge is 2.11. The fourth-order valence-corrected chi connectivity index (χ4v) is 2.31. The van der Waals surface area contributed by atoms with Crippen LogP contribution >= 0.6 is 0 Å². The molecule has 2 aromatic rings. The minimum atomic E-state index is 0.797. The van der Waals surface area contributed by atoms with E-state index < -0.39 is 0 Å². The number of anilines is 1. The monoisotopic (exact) mass is 198 g/mol. The molecule has 0 fully saturated rings. The molecule has 1 heterocycles. The number of nitrogens with zero attached hydrogens (tertiary/aromatic N) is 1. The Labute approximate surface area is 89.1 Å². The second-order valence-corrected chi connectivity index (χ2v) is 4.25. The van der Waals surface area contributed by atoms with Crippen LogP contribution in [0.15, 0.2) is 24.3 Å². The summed E-state index contributed by atoms with van der Waals surface area (Å²) < 4.78 is 0. The van der Waals surface area contributed by atoms with Gasteiger partial charge in [-0.15, -0.1) is 0 Å². The molecule has 2 N–H and O–H groups in total. The van der Waals surface area contributed by atoms with Crippen LogP contribution in [0.4, 0.5) is 5.69 Å². The number of aryl methyl sites for hydroxylation is 2. The molecule has 0 atom stereocenters. The molecular formula is C13H14N2. The van der Waals surface area contributed by atoms with E-state index in [-0.39, 0.29) is 0 Å². The van der Waals surface area contributed by atoms with Crippen LogP contribution in [-0.2, 0) is 12.8 Å². The van der Waals surface area contributed by atoms with E-state index in [1.54, 1.807) is 0 Å². The van der Waals surface area contributed by atoms with Crippen molar-refractivity contribution in [2.75, 3.05) is 5.73 Å². The summed E-state index contributed by atoms with van der Waals surface area (Å²) >= 11 is 0. The third-order valence-corrected chi connectivity index (χ3v) is 3.12. The number of pyridine rings is 1. The van der Waals surface area contributed by atoms with Crippen molar-refractivity contribution in [3.05, 3.63) is 35.5 Å². The molecule has 1 aliphatic rings. The van der Waals surface area contributed by atoms with Gasteiger partial charge in [0.25, 0.3) is 0 Å². The summed E-state index contributed by atoms with van der Waals surface area (Å²) in [6.07, 6.45) is 4.88. The summed E-state index contributed by atoms with van der Waals surface area (Å²) in [4.78, 5) is 4.70. The number of fused-ring (bicyclic) bond motifs is 2. The SMILES string of the molecule is Nc1ccc2cc3c(nc2c1)CCCC3. The van der Waals surface area contributed by atoms with Gasteiger partial charge in [0, 0.05) is 16.8 Å². The normalized spacial score (nSPS) is 15.2. The lowest BCUT2D eigenvalue weighted by Crippen LogP contribution is -2.05. The minimum Gasteiger partial charge on any atom is -0.399 e. The number of hydrogen-bond donors (Lipinski definition) is 1. The highest BCUT2D eigenvalue weighted by Crippen LogP contribution is 2.24. The third-order valence-electron chi connectivity index (χ3n) is 3.12. The van der Waals surface area contributed by atoms with Crippen molar-refractivity contribution in [1.29, 1.82) is 0 Å². The average molecular weight is 198 g/mol. The molecule has 0 amide bonds. The molecule has 0 aliphatic heterocycles. The van der Waals surface area contributed by atoms with Crippen molar-refractivity contribution in [2.45, 2.75) is 25.7 Å². The maximum atomic E-state index is 5.76. The Morgan fingerprint density at radius 1 is 1.07 bits per heavy atom. The Morgan fingerprint density at radius 3 is 2.87 bits per heavy atom. The number of hydrogen-bond acceptors (Lipinski definition) is 2. The molecule has 0 bridgehead atoms. The first-order chi connectivity index (χ1) is 7.33. The molecule has 76 valence electrons. The summed E-state index contributed by atoms with van der Waals surface area (Å²) in [5.74, 6) is 0. The highest BCUT2D eigenvalue weighted by molar-refractivity contribution is 5.82. The molecule has 0 unspecified atom stereocenters. The second kappa shape index (κ2) is 3.23. The lowest BCUT2D eigenvalue weighted by atomic mass is 9.95. The van der Waals surface area contributed by atoms with Gasteiger partial charge in [0.05, 0.1) is 5.52 Å². The van der Waals surface area contributed by atoms with Gasteiger partial charge in [0.1, 0.15) is 0 Å². The van der Waals surface area contributed by atoms with E-state index in [1.807, 2.05) is 12.1 Å². The predicted octanol–water partition coefficient (Wildman–Crippen LogP) is 2.70. The number of rotatable bonds is 0. The van der Waals surface area contributed by atoms with Gasteiger partial charge in [-0.1, -0.05) is 6.07 Å². The first-order valence-electron chi connectivity index (χ1n) is 5.51. The van der Waals surface area contributed by atoms with Gasteiger partial charge in [-0.25, -0.2) is 0 Å². The van der Waals surface area contributed by atoms with Crippen LogP contribution in [0.1, 0.15) is 24.1 Å². The van der Waals surface area contributed by atoms with Crippen LogP contribution in [0.2, 0.25) is 0 Å². The molecule has 2 nitrogen and oxygen atoms in total. The summed E-state index contributed by atoms with van der Waals surface area (Å²) in [5.41, 5.74) is 10.3. The minimum absolute atomic E-state index is 0.797. The molecule has 1 aromatic heterocycles. The molecule has 15 heavy (non-hydrogen) atoms. The molecule has 0 spiro atoms. The second-order valence-electron chi connectivity index (χ2n) is 4.25. The first-order valence-corrected chi connectivity index (χ1v) is 5.51. The van der Waals surface area contributed by atoms with Crippen molar-refractivity contribution in [1.82, 2.24) is 4.98 Å². The fourth-order valence-electron chi connectivity index (χ4n) is 2.31. The van der Waals surface area contributed by atoms with E-state index in [4.69, 9.17) is 10.7 Å². The summed E-state index contributed by atoms with van der Waals surface area (Å²) in [6, 6.07) is 8.24. The van der Waals surface area contributed by atoms with E-state index >= 15 is 0 Å². The van der Waals surface area contributed by atoms with Crippen LogP contribution < -0.4 is 5.73 Å². The predicted molar refractivity (Wildman–Crippen MR) is 62.8 cm³/mol. The molecule has 1 aromatic carbocycles. The molecule has 1 aliphatic carbocycles. The fraction of sp³-hybridized carbons (Fsp3) is 0.308. The van der Waals surface area contributed by atoms with E-state index in [0.29, 0.717) is 0 Å². The van der Waals surface area contributed by atoms with Gasteiger partial charge in [-0.3, -0.25) is 4.98 Å². The summed E-state index contributed by atoms with van der Waals surface area (Å²) in [7, 11) is 0. The van der Waals surface area contributed by atoms with Gasteiger partial charge in [0.15, 0.2) is 0 Å². The van der Waals surface area contributed by atoms with E-state index in [2.05, 4.69) is 12.1 Å². The largest absolute Gasteiger partial charge is 0.399 e. The summed E-state index contributed by atoms with van der Waals surface area (Å²) in [5, 5.41) is 1.21. The molecular weight excluding hydrogens is 184 g/mol. The van der Waals surface area contributed by atoms with Gasteiger partial charge in [0.2, 0.25) is 0 Å². The Kier molecular flexibility index (Phi) is 1.88. The Balaban J connectivity index is 2.26. The Morgan fingerprint density at radius 2 is 1.93 bits per heavy atom. The smallest absolute Gasteiger partial charge is 0.0725 e. The number of nitrogen functional groups attached to an aromatic ring is 1. The quantitative estimate of drug-likeness (QED) is 0.661. The summed E-state index contributed by atoms with van der Waals surface area (Å²) in [6.45, 7) is 0. The molecule has 0 saturated heterocycles. The number of nitrogens with two attached hydrogens (primary N) is 1. The van der Waals surface area contributed by atoms with Gasteiger partial charge >= 0.3 is 0 Å².